The molecule has 10 heteroatoms. The molecule has 3 aromatic rings. The molecule has 2 heterocycles. The van der Waals surface area contributed by atoms with Gasteiger partial charge in [0.15, 0.2) is 0 Å². The fourth-order valence-corrected chi connectivity index (χ4v) is 3.57. The number of benzene rings is 2. The van der Waals surface area contributed by atoms with E-state index in [2.05, 4.69) is 9.97 Å². The number of rotatable bonds is 4. The summed E-state index contributed by atoms with van der Waals surface area (Å²) in [6.07, 6.45) is 1.79. The molecule has 4 rings (SSSR count). The van der Waals surface area contributed by atoms with Gasteiger partial charge in [0.1, 0.15) is 17.5 Å². The van der Waals surface area contributed by atoms with Crippen LogP contribution >= 0.6 is 23.2 Å². The summed E-state index contributed by atoms with van der Waals surface area (Å²) >= 11 is 11.9. The van der Waals surface area contributed by atoms with Crippen molar-refractivity contribution in [3.63, 3.8) is 0 Å². The quantitative estimate of drug-likeness (QED) is 0.508. The first kappa shape index (κ1) is 18.5. The van der Waals surface area contributed by atoms with Crippen LogP contribution in [0.4, 0.5) is 11.4 Å². The van der Waals surface area contributed by atoms with Crippen molar-refractivity contribution in [1.29, 1.82) is 0 Å². The van der Waals surface area contributed by atoms with Crippen molar-refractivity contribution in [2.75, 3.05) is 18.0 Å². The van der Waals surface area contributed by atoms with E-state index in [1.165, 1.54) is 12.4 Å². The van der Waals surface area contributed by atoms with E-state index in [0.29, 0.717) is 46.5 Å². The van der Waals surface area contributed by atoms with Crippen LogP contribution < -0.4 is 15.2 Å². The molecule has 1 atom stereocenters. The molecular formula is C18H14Cl2N4O4. The smallest absolute Gasteiger partial charge is 0.293 e. The standard InChI is InChI=1S/C18H14Cl2N4O4/c19-13-2-1-10(5-14(13)20)28-11-3-4-23(8-11)16-7-15-12(6-17(16)24(26)27)18(25)22-9-21-15/h1-2,5-7,9,11H,3-4,8H2,(H,21,22,25). The average molecular weight is 421 g/mol. The number of nitro benzene ring substituents is 1. The molecule has 0 saturated carbocycles. The summed E-state index contributed by atoms with van der Waals surface area (Å²) in [4.78, 5) is 31.4. The van der Waals surface area contributed by atoms with Crippen molar-refractivity contribution in [2.24, 2.45) is 0 Å². The molecule has 0 amide bonds. The minimum atomic E-state index is -0.492. The number of H-pyrrole nitrogens is 1. The zero-order chi connectivity index (χ0) is 19.8. The van der Waals surface area contributed by atoms with Gasteiger partial charge in [-0.25, -0.2) is 4.98 Å². The Morgan fingerprint density at radius 1 is 1.25 bits per heavy atom. The minimum Gasteiger partial charge on any atom is -0.488 e. The van der Waals surface area contributed by atoms with Crippen LogP contribution in [0.5, 0.6) is 5.75 Å². The fraction of sp³-hybridized carbons (Fsp3) is 0.222. The summed E-state index contributed by atoms with van der Waals surface area (Å²) in [7, 11) is 0. The lowest BCUT2D eigenvalue weighted by molar-refractivity contribution is -0.384. The predicted molar refractivity (Wildman–Crippen MR) is 107 cm³/mol. The summed E-state index contributed by atoms with van der Waals surface area (Å²) in [5.74, 6) is 0.586. The highest BCUT2D eigenvalue weighted by Crippen LogP contribution is 2.34. The van der Waals surface area contributed by atoms with Gasteiger partial charge in [-0.3, -0.25) is 14.9 Å². The molecule has 0 radical (unpaired) electrons. The molecule has 1 N–H and O–H groups in total. The van der Waals surface area contributed by atoms with Gasteiger partial charge < -0.3 is 14.6 Å². The second kappa shape index (κ2) is 7.29. The third kappa shape index (κ3) is 3.48. The summed E-state index contributed by atoms with van der Waals surface area (Å²) in [6.45, 7) is 1.03. The molecule has 1 fully saturated rings. The molecule has 0 aliphatic carbocycles. The molecule has 2 aromatic carbocycles. The van der Waals surface area contributed by atoms with Crippen LogP contribution in [0.15, 0.2) is 41.5 Å². The lowest BCUT2D eigenvalue weighted by Gasteiger charge is -2.19. The topological polar surface area (TPSA) is 101 Å². The number of fused-ring (bicyclic) bond motifs is 1. The second-order valence-corrected chi connectivity index (χ2v) is 7.21. The number of ether oxygens (including phenoxy) is 1. The highest BCUT2D eigenvalue weighted by Gasteiger charge is 2.30. The van der Waals surface area contributed by atoms with Gasteiger partial charge >= 0.3 is 0 Å². The van der Waals surface area contributed by atoms with Crippen LogP contribution in [-0.4, -0.2) is 34.1 Å². The average Bonchev–Trinajstić information content (AvgIpc) is 3.12. The molecule has 1 aromatic heterocycles. The van der Waals surface area contributed by atoms with E-state index in [1.54, 1.807) is 24.3 Å². The van der Waals surface area contributed by atoms with Gasteiger partial charge in [0.25, 0.3) is 11.2 Å². The minimum absolute atomic E-state index is 0.138. The highest BCUT2D eigenvalue weighted by molar-refractivity contribution is 6.42. The van der Waals surface area contributed by atoms with E-state index < -0.39 is 10.5 Å². The van der Waals surface area contributed by atoms with Gasteiger partial charge in [-0.15, -0.1) is 0 Å². The van der Waals surface area contributed by atoms with Crippen molar-refractivity contribution >= 4 is 45.5 Å². The molecule has 0 spiro atoms. The summed E-state index contributed by atoms with van der Waals surface area (Å²) in [5.41, 5.74) is 0.261. The van der Waals surface area contributed by atoms with E-state index in [9.17, 15) is 14.9 Å². The Bertz CT molecular complexity index is 1130. The van der Waals surface area contributed by atoms with E-state index in [-0.39, 0.29) is 17.2 Å². The number of halogens is 2. The maximum absolute atomic E-state index is 11.9. The van der Waals surface area contributed by atoms with Gasteiger partial charge in [-0.2, -0.15) is 0 Å². The Kier molecular flexibility index (Phi) is 4.82. The SMILES string of the molecule is O=c1[nH]cnc2cc(N3CCC(Oc4ccc(Cl)c(Cl)c4)C3)c([N+](=O)[O-])cc12. The third-order valence-corrected chi connectivity index (χ3v) is 5.35. The lowest BCUT2D eigenvalue weighted by Crippen LogP contribution is -2.25. The van der Waals surface area contributed by atoms with Crippen LogP contribution in [0.2, 0.25) is 10.0 Å². The molecule has 0 bridgehead atoms. The van der Waals surface area contributed by atoms with E-state index in [0.717, 1.165) is 0 Å². The van der Waals surface area contributed by atoms with Gasteiger partial charge in [0.05, 0.1) is 38.7 Å². The van der Waals surface area contributed by atoms with Crippen molar-refractivity contribution in [3.05, 3.63) is 67.2 Å². The largest absolute Gasteiger partial charge is 0.488 e. The molecule has 1 saturated heterocycles. The van der Waals surface area contributed by atoms with E-state index in [4.69, 9.17) is 27.9 Å². The van der Waals surface area contributed by atoms with Crippen molar-refractivity contribution in [2.45, 2.75) is 12.5 Å². The second-order valence-electron chi connectivity index (χ2n) is 6.40. The first-order chi connectivity index (χ1) is 13.4. The number of nitro groups is 1. The van der Waals surface area contributed by atoms with E-state index >= 15 is 0 Å². The van der Waals surface area contributed by atoms with Gasteiger partial charge in [-0.1, -0.05) is 23.2 Å². The van der Waals surface area contributed by atoms with Crippen molar-refractivity contribution in [3.8, 4) is 5.75 Å². The number of hydrogen-bond acceptors (Lipinski definition) is 6. The molecule has 8 nitrogen and oxygen atoms in total. The number of anilines is 1. The Hall–Kier alpha value is -2.84. The maximum Gasteiger partial charge on any atom is 0.293 e. The zero-order valence-corrected chi connectivity index (χ0v) is 15.9. The van der Waals surface area contributed by atoms with Crippen LogP contribution in [0.1, 0.15) is 6.42 Å². The van der Waals surface area contributed by atoms with Crippen LogP contribution in [0, 0.1) is 10.1 Å². The fourth-order valence-electron chi connectivity index (χ4n) is 3.28. The Labute approximate surface area is 168 Å². The first-order valence-corrected chi connectivity index (χ1v) is 9.20. The number of nitrogens with one attached hydrogen (secondary N) is 1. The number of hydrogen-bond donors (Lipinski definition) is 1. The maximum atomic E-state index is 11.9. The van der Waals surface area contributed by atoms with E-state index in [1.807, 2.05) is 4.90 Å². The summed E-state index contributed by atoms with van der Waals surface area (Å²) in [6, 6.07) is 7.87. The zero-order valence-electron chi connectivity index (χ0n) is 14.4. The van der Waals surface area contributed by atoms with Crippen LogP contribution in [-0.2, 0) is 0 Å². The van der Waals surface area contributed by atoms with Crippen molar-refractivity contribution < 1.29 is 9.66 Å². The molecule has 1 unspecified atom stereocenters. The normalized spacial score (nSPS) is 16.5. The van der Waals surface area contributed by atoms with Gasteiger partial charge in [0.2, 0.25) is 0 Å². The monoisotopic (exact) mass is 420 g/mol. The van der Waals surface area contributed by atoms with Crippen molar-refractivity contribution in [1.82, 2.24) is 9.97 Å². The Morgan fingerprint density at radius 2 is 2.07 bits per heavy atom. The lowest BCUT2D eigenvalue weighted by atomic mass is 10.1. The first-order valence-electron chi connectivity index (χ1n) is 8.45. The molecule has 1 aliphatic rings. The molecular weight excluding hydrogens is 407 g/mol. The number of aromatic amines is 1. The van der Waals surface area contributed by atoms with Crippen LogP contribution in [0.25, 0.3) is 10.9 Å². The van der Waals surface area contributed by atoms with Gasteiger partial charge in [-0.05, 0) is 18.2 Å². The number of nitrogens with zero attached hydrogens (tertiary/aromatic N) is 3. The molecule has 28 heavy (non-hydrogen) atoms. The molecule has 144 valence electrons. The van der Waals surface area contributed by atoms with Crippen LogP contribution in [0.3, 0.4) is 0 Å². The highest BCUT2D eigenvalue weighted by atomic mass is 35.5. The molecule has 1 aliphatic heterocycles. The Balaban J connectivity index is 1.61. The predicted octanol–water partition coefficient (Wildman–Crippen LogP) is 3.80. The Morgan fingerprint density at radius 3 is 2.82 bits per heavy atom. The third-order valence-electron chi connectivity index (χ3n) is 4.61. The summed E-state index contributed by atoms with van der Waals surface area (Å²) < 4.78 is 5.94. The van der Waals surface area contributed by atoms with Gasteiger partial charge in [0, 0.05) is 25.1 Å². The summed E-state index contributed by atoms with van der Waals surface area (Å²) in [5, 5.41) is 12.6. The number of aromatic nitrogens is 2.